The second-order valence-corrected chi connectivity index (χ2v) is 7.50. The van der Waals surface area contributed by atoms with Crippen molar-refractivity contribution in [3.8, 4) is 0 Å². The fourth-order valence-corrected chi connectivity index (χ4v) is 3.02. The van der Waals surface area contributed by atoms with Crippen LogP contribution in [0.3, 0.4) is 0 Å². The van der Waals surface area contributed by atoms with Crippen molar-refractivity contribution in [2.45, 2.75) is 6.92 Å². The predicted octanol–water partition coefficient (Wildman–Crippen LogP) is 1.16. The highest BCUT2D eigenvalue weighted by atomic mass is 32.2. The summed E-state index contributed by atoms with van der Waals surface area (Å²) in [5.74, 6) is 0.261. The molecule has 0 radical (unpaired) electrons. The van der Waals surface area contributed by atoms with E-state index in [4.69, 9.17) is 0 Å². The van der Waals surface area contributed by atoms with Crippen LogP contribution >= 0.6 is 0 Å². The van der Waals surface area contributed by atoms with Crippen LogP contribution in [0.2, 0.25) is 0 Å². The first kappa shape index (κ1) is 14.3. The molecule has 19 heavy (non-hydrogen) atoms. The maximum atomic E-state index is 11.2. The quantitative estimate of drug-likeness (QED) is 0.831. The summed E-state index contributed by atoms with van der Waals surface area (Å²) in [6, 6.07) is 8.41. The zero-order valence-electron chi connectivity index (χ0n) is 11.7. The molecule has 0 amide bonds. The summed E-state index contributed by atoms with van der Waals surface area (Å²) in [6.45, 7) is 6.59. The first-order valence-corrected chi connectivity index (χ1v) is 8.72. The maximum Gasteiger partial charge on any atom is 0.148 e. The van der Waals surface area contributed by atoms with Crippen LogP contribution in [0.5, 0.6) is 0 Å². The van der Waals surface area contributed by atoms with Gasteiger partial charge in [-0.3, -0.25) is 4.90 Å². The van der Waals surface area contributed by atoms with Crippen molar-refractivity contribution >= 4 is 15.5 Å². The number of hydrogen-bond acceptors (Lipinski definition) is 4. The molecule has 2 rings (SSSR count). The van der Waals surface area contributed by atoms with E-state index in [-0.39, 0.29) is 5.75 Å². The van der Waals surface area contributed by atoms with E-state index in [0.717, 1.165) is 26.2 Å². The molecule has 0 atom stereocenters. The van der Waals surface area contributed by atoms with Gasteiger partial charge in [0.1, 0.15) is 9.84 Å². The molecule has 1 heterocycles. The standard InChI is InChI=1S/C14H22N2O2S/c1-13-5-3-4-6-14(13)16-9-7-15(8-10-16)11-12-19(2,17)18/h3-6H,7-12H2,1-2H3. The van der Waals surface area contributed by atoms with Crippen molar-refractivity contribution in [1.29, 1.82) is 0 Å². The first-order chi connectivity index (χ1) is 8.96. The SMILES string of the molecule is Cc1ccccc1N1CCN(CCS(C)(=O)=O)CC1. The molecule has 5 heteroatoms. The van der Waals surface area contributed by atoms with E-state index >= 15 is 0 Å². The number of sulfone groups is 1. The molecule has 1 aliphatic rings. The van der Waals surface area contributed by atoms with Gasteiger partial charge in [-0.25, -0.2) is 8.42 Å². The molecule has 1 aromatic rings. The second kappa shape index (κ2) is 5.92. The molecular formula is C14H22N2O2S. The minimum Gasteiger partial charge on any atom is -0.369 e. The number of aryl methyl sites for hydroxylation is 1. The number of para-hydroxylation sites is 1. The van der Waals surface area contributed by atoms with Crippen LogP contribution in [0.25, 0.3) is 0 Å². The Hall–Kier alpha value is -1.07. The van der Waals surface area contributed by atoms with Crippen molar-refractivity contribution < 1.29 is 8.42 Å². The van der Waals surface area contributed by atoms with Crippen LogP contribution in [0, 0.1) is 6.92 Å². The molecule has 0 unspecified atom stereocenters. The van der Waals surface area contributed by atoms with Gasteiger partial charge in [0.15, 0.2) is 0 Å². The van der Waals surface area contributed by atoms with Gasteiger partial charge in [-0.2, -0.15) is 0 Å². The molecule has 4 nitrogen and oxygen atoms in total. The lowest BCUT2D eigenvalue weighted by Crippen LogP contribution is -2.47. The van der Waals surface area contributed by atoms with E-state index in [2.05, 4.69) is 41.0 Å². The number of piperazine rings is 1. The maximum absolute atomic E-state index is 11.2. The minimum atomic E-state index is -2.85. The van der Waals surface area contributed by atoms with E-state index in [1.165, 1.54) is 17.5 Å². The highest BCUT2D eigenvalue weighted by Gasteiger charge is 2.18. The summed E-state index contributed by atoms with van der Waals surface area (Å²) < 4.78 is 22.3. The average Bonchev–Trinajstić information content (AvgIpc) is 2.37. The van der Waals surface area contributed by atoms with Gasteiger partial charge in [0, 0.05) is 44.7 Å². The summed E-state index contributed by atoms with van der Waals surface area (Å²) in [5, 5.41) is 0. The normalized spacial score (nSPS) is 17.7. The zero-order valence-corrected chi connectivity index (χ0v) is 12.5. The molecule has 0 aliphatic carbocycles. The lowest BCUT2D eigenvalue weighted by atomic mass is 10.1. The molecular weight excluding hydrogens is 260 g/mol. The van der Waals surface area contributed by atoms with Gasteiger partial charge >= 0.3 is 0 Å². The Morgan fingerprint density at radius 1 is 1.11 bits per heavy atom. The summed E-state index contributed by atoms with van der Waals surface area (Å²) in [7, 11) is -2.85. The van der Waals surface area contributed by atoms with Crippen molar-refractivity contribution in [3.05, 3.63) is 29.8 Å². The molecule has 106 valence electrons. The fourth-order valence-electron chi connectivity index (χ4n) is 2.43. The third kappa shape index (κ3) is 4.21. The molecule has 1 saturated heterocycles. The van der Waals surface area contributed by atoms with E-state index in [1.54, 1.807) is 0 Å². The van der Waals surface area contributed by atoms with Crippen molar-refractivity contribution in [3.63, 3.8) is 0 Å². The third-order valence-corrected chi connectivity index (χ3v) is 4.53. The van der Waals surface area contributed by atoms with Gasteiger partial charge in [0.2, 0.25) is 0 Å². The smallest absolute Gasteiger partial charge is 0.148 e. The molecule has 0 N–H and O–H groups in total. The summed E-state index contributed by atoms with van der Waals surface area (Å²) in [6.07, 6.45) is 1.30. The van der Waals surface area contributed by atoms with Crippen LogP contribution < -0.4 is 4.90 Å². The van der Waals surface area contributed by atoms with Gasteiger partial charge in [-0.1, -0.05) is 18.2 Å². The molecule has 0 aromatic heterocycles. The van der Waals surface area contributed by atoms with E-state index in [9.17, 15) is 8.42 Å². The van der Waals surface area contributed by atoms with E-state index in [0.29, 0.717) is 6.54 Å². The highest BCUT2D eigenvalue weighted by molar-refractivity contribution is 7.90. The largest absolute Gasteiger partial charge is 0.369 e. The number of nitrogens with zero attached hydrogens (tertiary/aromatic N) is 2. The Bertz CT molecular complexity index is 520. The summed E-state index contributed by atoms with van der Waals surface area (Å²) >= 11 is 0. The number of benzene rings is 1. The van der Waals surface area contributed by atoms with Gasteiger partial charge in [-0.15, -0.1) is 0 Å². The molecule has 1 aliphatic heterocycles. The number of rotatable bonds is 4. The van der Waals surface area contributed by atoms with Gasteiger partial charge in [-0.05, 0) is 18.6 Å². The molecule has 0 bridgehead atoms. The monoisotopic (exact) mass is 282 g/mol. The third-order valence-electron chi connectivity index (χ3n) is 3.61. The van der Waals surface area contributed by atoms with E-state index in [1.807, 2.05) is 0 Å². The Labute approximate surface area is 115 Å². The Balaban J connectivity index is 1.88. The number of anilines is 1. The van der Waals surface area contributed by atoms with Gasteiger partial charge < -0.3 is 4.90 Å². The Morgan fingerprint density at radius 3 is 2.32 bits per heavy atom. The molecule has 1 aromatic carbocycles. The Kier molecular flexibility index (Phi) is 4.47. The number of hydrogen-bond donors (Lipinski definition) is 0. The fraction of sp³-hybridized carbons (Fsp3) is 0.571. The first-order valence-electron chi connectivity index (χ1n) is 6.66. The van der Waals surface area contributed by atoms with Crippen molar-refractivity contribution in [1.82, 2.24) is 4.90 Å². The predicted molar refractivity (Wildman–Crippen MR) is 79.5 cm³/mol. The van der Waals surface area contributed by atoms with Crippen molar-refractivity contribution in [2.75, 3.05) is 49.6 Å². The lowest BCUT2D eigenvalue weighted by molar-refractivity contribution is 0.272. The molecule has 0 saturated carbocycles. The van der Waals surface area contributed by atoms with Gasteiger partial charge in [0.05, 0.1) is 5.75 Å². The summed E-state index contributed by atoms with van der Waals surface area (Å²) in [5.41, 5.74) is 2.59. The topological polar surface area (TPSA) is 40.6 Å². The second-order valence-electron chi connectivity index (χ2n) is 5.25. The average molecular weight is 282 g/mol. The molecule has 0 spiro atoms. The Morgan fingerprint density at radius 2 is 1.74 bits per heavy atom. The van der Waals surface area contributed by atoms with Crippen molar-refractivity contribution in [2.24, 2.45) is 0 Å². The highest BCUT2D eigenvalue weighted by Crippen LogP contribution is 2.20. The molecule has 1 fully saturated rings. The van der Waals surface area contributed by atoms with Crippen LogP contribution in [0.15, 0.2) is 24.3 Å². The van der Waals surface area contributed by atoms with Crippen LogP contribution in [-0.2, 0) is 9.84 Å². The summed E-state index contributed by atoms with van der Waals surface area (Å²) in [4.78, 5) is 4.61. The van der Waals surface area contributed by atoms with Crippen LogP contribution in [0.1, 0.15) is 5.56 Å². The lowest BCUT2D eigenvalue weighted by Gasteiger charge is -2.36. The van der Waals surface area contributed by atoms with Crippen LogP contribution in [-0.4, -0.2) is 58.1 Å². The zero-order chi connectivity index (χ0) is 13.9. The van der Waals surface area contributed by atoms with E-state index < -0.39 is 9.84 Å². The van der Waals surface area contributed by atoms with Crippen LogP contribution in [0.4, 0.5) is 5.69 Å². The minimum absolute atomic E-state index is 0.261. The van der Waals surface area contributed by atoms with Gasteiger partial charge in [0.25, 0.3) is 0 Å².